The molecule has 3 heterocycles. The summed E-state index contributed by atoms with van der Waals surface area (Å²) in [6, 6.07) is 4.88. The summed E-state index contributed by atoms with van der Waals surface area (Å²) in [4.78, 5) is 25.7. The second-order valence-corrected chi connectivity index (χ2v) is 6.50. The molecule has 26 heavy (non-hydrogen) atoms. The third-order valence-corrected chi connectivity index (χ3v) is 4.78. The number of rotatable bonds is 2. The van der Waals surface area contributed by atoms with Crippen LogP contribution in [0.1, 0.15) is 13.0 Å². The second kappa shape index (κ2) is 6.03. The Morgan fingerprint density at radius 2 is 1.92 bits per heavy atom. The van der Waals surface area contributed by atoms with Gasteiger partial charge in [-0.05, 0) is 24.6 Å². The fraction of sp³-hybridized carbons (Fsp3) is 0.353. The molecule has 0 spiro atoms. The second-order valence-electron chi connectivity index (χ2n) is 6.50. The molecule has 136 valence electrons. The number of nitrogens with zero attached hydrogens (tertiary/aromatic N) is 4. The minimum atomic E-state index is -1.11. The summed E-state index contributed by atoms with van der Waals surface area (Å²) in [5, 5.41) is 23.4. The van der Waals surface area contributed by atoms with E-state index in [9.17, 15) is 19.8 Å². The molecule has 9 nitrogen and oxygen atoms in total. The van der Waals surface area contributed by atoms with Crippen molar-refractivity contribution in [2.24, 2.45) is 0 Å². The van der Waals surface area contributed by atoms with Crippen molar-refractivity contribution in [2.45, 2.75) is 19.0 Å². The molecule has 9 heteroatoms. The summed E-state index contributed by atoms with van der Waals surface area (Å²) in [5.41, 5.74) is 2.34. The molecule has 0 aliphatic carbocycles. The number of fused-ring (bicyclic) bond motifs is 1. The van der Waals surface area contributed by atoms with Gasteiger partial charge in [-0.2, -0.15) is 5.10 Å². The van der Waals surface area contributed by atoms with Crippen LogP contribution in [0.2, 0.25) is 0 Å². The van der Waals surface area contributed by atoms with Crippen LogP contribution >= 0.6 is 0 Å². The number of anilines is 2. The highest BCUT2D eigenvalue weighted by Gasteiger charge is 2.35. The van der Waals surface area contributed by atoms with Gasteiger partial charge in [-0.3, -0.25) is 14.5 Å². The van der Waals surface area contributed by atoms with Gasteiger partial charge < -0.3 is 14.9 Å². The number of hydrogen-bond acceptors (Lipinski definition) is 4. The first-order valence-electron chi connectivity index (χ1n) is 8.24. The number of ether oxygens (including phenoxy) is 1. The zero-order valence-electron chi connectivity index (χ0n) is 14.1. The average molecular weight is 358 g/mol. The smallest absolute Gasteiger partial charge is 0.412 e. The Bertz CT molecular complexity index is 876. The quantitative estimate of drug-likeness (QED) is 0.854. The third-order valence-electron chi connectivity index (χ3n) is 4.78. The van der Waals surface area contributed by atoms with E-state index in [1.807, 2.05) is 10.9 Å². The van der Waals surface area contributed by atoms with Crippen LogP contribution in [0.5, 0.6) is 0 Å². The Balaban J connectivity index is 1.75. The van der Waals surface area contributed by atoms with Crippen molar-refractivity contribution >= 4 is 23.6 Å². The lowest BCUT2D eigenvalue weighted by atomic mass is 10.0. The molecule has 1 aromatic carbocycles. The maximum atomic E-state index is 11.7. The van der Waals surface area contributed by atoms with Crippen molar-refractivity contribution in [2.75, 3.05) is 29.6 Å². The third kappa shape index (κ3) is 2.57. The summed E-state index contributed by atoms with van der Waals surface area (Å²) >= 11 is 0. The van der Waals surface area contributed by atoms with Crippen molar-refractivity contribution in [1.82, 2.24) is 9.78 Å². The van der Waals surface area contributed by atoms with E-state index in [4.69, 9.17) is 4.74 Å². The minimum absolute atomic E-state index is 0.0801. The van der Waals surface area contributed by atoms with E-state index < -0.39 is 18.2 Å². The fourth-order valence-electron chi connectivity index (χ4n) is 3.34. The number of carbonyl (C=O) groups is 2. The van der Waals surface area contributed by atoms with Crippen LogP contribution < -0.4 is 9.80 Å². The van der Waals surface area contributed by atoms with Crippen molar-refractivity contribution in [3.8, 4) is 11.1 Å². The predicted molar refractivity (Wildman–Crippen MR) is 92.9 cm³/mol. The van der Waals surface area contributed by atoms with Gasteiger partial charge in [0.1, 0.15) is 0 Å². The molecule has 4 rings (SSSR count). The molecule has 1 atom stereocenters. The van der Waals surface area contributed by atoms with Crippen LogP contribution in [0, 0.1) is 0 Å². The van der Waals surface area contributed by atoms with Crippen LogP contribution in [0.25, 0.3) is 11.1 Å². The van der Waals surface area contributed by atoms with Crippen LogP contribution in [-0.2, 0) is 4.74 Å². The molecule has 2 amide bonds. The van der Waals surface area contributed by atoms with E-state index in [1.165, 1.54) is 9.80 Å². The van der Waals surface area contributed by atoms with Crippen molar-refractivity contribution < 1.29 is 24.5 Å². The van der Waals surface area contributed by atoms with E-state index in [1.54, 1.807) is 31.3 Å². The standard InChI is InChI=1S/C17H18N4O5/c1-10-6-19(16(22)23)15-4-11(2-3-14(15)21(10)17(24)25)12-5-18-20(7-12)13-8-26-9-13/h2-5,7,10,13H,6,8-9H2,1H3,(H,22,23)(H,24,25)/t10-/m0/s1. The molecule has 0 bridgehead atoms. The Kier molecular flexibility index (Phi) is 3.80. The fourth-order valence-corrected chi connectivity index (χ4v) is 3.34. The maximum Gasteiger partial charge on any atom is 0.412 e. The lowest BCUT2D eigenvalue weighted by molar-refractivity contribution is -0.0286. The summed E-state index contributed by atoms with van der Waals surface area (Å²) < 4.78 is 7.00. The molecule has 2 aliphatic rings. The number of benzene rings is 1. The summed E-state index contributed by atoms with van der Waals surface area (Å²) in [6.07, 6.45) is 1.39. The maximum absolute atomic E-state index is 11.7. The number of hydrogen-bond donors (Lipinski definition) is 2. The summed E-state index contributed by atoms with van der Waals surface area (Å²) in [6.45, 7) is 3.02. The zero-order valence-corrected chi connectivity index (χ0v) is 14.1. The lowest BCUT2D eigenvalue weighted by Gasteiger charge is -2.38. The topological polar surface area (TPSA) is 108 Å². The molecule has 2 aliphatic heterocycles. The predicted octanol–water partition coefficient (Wildman–Crippen LogP) is 2.49. The van der Waals surface area contributed by atoms with E-state index >= 15 is 0 Å². The van der Waals surface area contributed by atoms with Gasteiger partial charge in [-0.15, -0.1) is 0 Å². The molecule has 2 N–H and O–H groups in total. The van der Waals surface area contributed by atoms with Crippen molar-refractivity contribution in [1.29, 1.82) is 0 Å². The van der Waals surface area contributed by atoms with Gasteiger partial charge in [0.25, 0.3) is 0 Å². The molecule has 0 unspecified atom stereocenters. The monoisotopic (exact) mass is 358 g/mol. The SMILES string of the molecule is C[C@H]1CN(C(=O)O)c2cc(-c3cnn(C4COC4)c3)ccc2N1C(=O)O. The normalized spacial score (nSPS) is 19.8. The van der Waals surface area contributed by atoms with Gasteiger partial charge in [0.2, 0.25) is 0 Å². The van der Waals surface area contributed by atoms with Crippen molar-refractivity contribution in [3.05, 3.63) is 30.6 Å². The Morgan fingerprint density at radius 1 is 1.15 bits per heavy atom. The first-order chi connectivity index (χ1) is 12.5. The Labute approximate surface area is 149 Å². The van der Waals surface area contributed by atoms with Gasteiger partial charge in [-0.25, -0.2) is 9.59 Å². The lowest BCUT2D eigenvalue weighted by Crippen LogP contribution is -2.51. The van der Waals surface area contributed by atoms with E-state index in [0.29, 0.717) is 24.6 Å². The van der Waals surface area contributed by atoms with E-state index in [2.05, 4.69) is 5.10 Å². The van der Waals surface area contributed by atoms with Gasteiger partial charge in [-0.1, -0.05) is 6.07 Å². The molecule has 1 aromatic heterocycles. The molecule has 0 saturated carbocycles. The van der Waals surface area contributed by atoms with Crippen LogP contribution in [0.15, 0.2) is 30.6 Å². The first kappa shape index (κ1) is 16.4. The molecule has 2 aromatic rings. The number of carboxylic acid groups (broad SMARTS) is 2. The number of aromatic nitrogens is 2. The van der Waals surface area contributed by atoms with Crippen LogP contribution in [-0.4, -0.2) is 58.0 Å². The minimum Gasteiger partial charge on any atom is -0.465 e. The number of amides is 2. The van der Waals surface area contributed by atoms with Crippen molar-refractivity contribution in [3.63, 3.8) is 0 Å². The highest BCUT2D eigenvalue weighted by molar-refractivity contribution is 6.00. The molecular weight excluding hydrogens is 340 g/mol. The first-order valence-corrected chi connectivity index (χ1v) is 8.24. The van der Waals surface area contributed by atoms with E-state index in [-0.39, 0.29) is 12.6 Å². The van der Waals surface area contributed by atoms with E-state index in [0.717, 1.165) is 11.1 Å². The molecule has 1 fully saturated rings. The van der Waals surface area contributed by atoms with Gasteiger partial charge in [0.15, 0.2) is 0 Å². The highest BCUT2D eigenvalue weighted by Crippen LogP contribution is 2.39. The molecular formula is C17H18N4O5. The zero-order chi connectivity index (χ0) is 18.4. The molecule has 0 radical (unpaired) electrons. The Morgan fingerprint density at radius 3 is 2.54 bits per heavy atom. The highest BCUT2D eigenvalue weighted by atomic mass is 16.5. The average Bonchev–Trinajstić information content (AvgIpc) is 3.00. The van der Waals surface area contributed by atoms with Gasteiger partial charge >= 0.3 is 12.2 Å². The van der Waals surface area contributed by atoms with Gasteiger partial charge in [0, 0.05) is 11.8 Å². The largest absolute Gasteiger partial charge is 0.465 e. The Hall–Kier alpha value is -3.07. The molecule has 1 saturated heterocycles. The van der Waals surface area contributed by atoms with Crippen LogP contribution in [0.3, 0.4) is 0 Å². The van der Waals surface area contributed by atoms with Crippen LogP contribution in [0.4, 0.5) is 21.0 Å². The summed E-state index contributed by atoms with van der Waals surface area (Å²) in [5.74, 6) is 0. The summed E-state index contributed by atoms with van der Waals surface area (Å²) in [7, 11) is 0. The van der Waals surface area contributed by atoms with Gasteiger partial charge in [0.05, 0.1) is 49.4 Å².